The number of ether oxygens (including phenoxy) is 2. The molecule has 7 heteroatoms. The number of rotatable bonds is 4. The Hall–Kier alpha value is -2.38. The average molecular weight is 372 g/mol. The number of carbonyl (C=O) groups is 1. The molecule has 0 spiro atoms. The van der Waals surface area contributed by atoms with Crippen LogP contribution in [0, 0.1) is 6.92 Å². The Balaban J connectivity index is 1.52. The first kappa shape index (κ1) is 16.1. The Bertz CT molecular complexity index is 919. The second-order valence-electron chi connectivity index (χ2n) is 5.79. The summed E-state index contributed by atoms with van der Waals surface area (Å²) in [5, 5.41) is 4.95. The zero-order valence-electron chi connectivity index (χ0n) is 13.8. The first-order chi connectivity index (χ1) is 12.1. The molecule has 4 rings (SSSR count). The van der Waals surface area contributed by atoms with Crippen LogP contribution in [0.4, 0.5) is 0 Å². The normalized spacial score (nSPS) is 12.4. The minimum absolute atomic E-state index is 0.0193. The average Bonchev–Trinajstić information content (AvgIpc) is 3.33. The number of benzene rings is 1. The molecule has 0 fully saturated rings. The van der Waals surface area contributed by atoms with Crippen LogP contribution in [0.15, 0.2) is 35.0 Å². The number of thiophene rings is 1. The van der Waals surface area contributed by atoms with Crippen LogP contribution in [-0.2, 0) is 6.54 Å². The van der Waals surface area contributed by atoms with Gasteiger partial charge in [-0.05, 0) is 36.1 Å². The van der Waals surface area contributed by atoms with Crippen LogP contribution >= 0.6 is 22.7 Å². The number of thiazole rings is 1. The van der Waals surface area contributed by atoms with E-state index in [4.69, 9.17) is 9.47 Å². The predicted octanol–water partition coefficient (Wildman–Crippen LogP) is 4.18. The standard InChI is InChI=1S/C18H16N2O3S2/c1-11-16(25-17(19-11)13-5-6-24-9-13)18(21)20(2)8-12-3-4-14-15(7-12)23-10-22-14/h3-7,9H,8,10H2,1-2H3. The maximum atomic E-state index is 12.8. The van der Waals surface area contributed by atoms with Gasteiger partial charge >= 0.3 is 0 Å². The van der Waals surface area contributed by atoms with Gasteiger partial charge in [-0.3, -0.25) is 4.79 Å². The highest BCUT2D eigenvalue weighted by Crippen LogP contribution is 2.33. The fourth-order valence-corrected chi connectivity index (χ4v) is 4.44. The molecule has 1 aromatic carbocycles. The molecular weight excluding hydrogens is 356 g/mol. The summed E-state index contributed by atoms with van der Waals surface area (Å²) in [5.74, 6) is 1.46. The summed E-state index contributed by atoms with van der Waals surface area (Å²) in [4.78, 5) is 19.8. The molecule has 0 radical (unpaired) electrons. The van der Waals surface area contributed by atoms with Gasteiger partial charge in [-0.15, -0.1) is 11.3 Å². The number of fused-ring (bicyclic) bond motifs is 1. The Kier molecular flexibility index (Phi) is 4.19. The van der Waals surface area contributed by atoms with E-state index in [1.54, 1.807) is 23.3 Å². The van der Waals surface area contributed by atoms with E-state index in [0.717, 1.165) is 33.3 Å². The number of amides is 1. The minimum atomic E-state index is -0.0193. The molecule has 0 unspecified atom stereocenters. The van der Waals surface area contributed by atoms with E-state index >= 15 is 0 Å². The van der Waals surface area contributed by atoms with E-state index in [1.807, 2.05) is 41.9 Å². The van der Waals surface area contributed by atoms with Crippen LogP contribution in [0.1, 0.15) is 20.9 Å². The lowest BCUT2D eigenvalue weighted by Gasteiger charge is -2.16. The fourth-order valence-electron chi connectivity index (χ4n) is 2.66. The van der Waals surface area contributed by atoms with Crippen molar-refractivity contribution in [3.05, 3.63) is 51.2 Å². The number of hydrogen-bond donors (Lipinski definition) is 0. The highest BCUT2D eigenvalue weighted by atomic mass is 32.1. The van der Waals surface area contributed by atoms with Crippen molar-refractivity contribution in [2.24, 2.45) is 0 Å². The lowest BCUT2D eigenvalue weighted by molar-refractivity contribution is 0.0789. The van der Waals surface area contributed by atoms with Crippen molar-refractivity contribution in [1.82, 2.24) is 9.88 Å². The van der Waals surface area contributed by atoms with Gasteiger partial charge < -0.3 is 14.4 Å². The molecule has 0 saturated carbocycles. The van der Waals surface area contributed by atoms with Gasteiger partial charge in [0.2, 0.25) is 6.79 Å². The lowest BCUT2D eigenvalue weighted by Crippen LogP contribution is -2.26. The van der Waals surface area contributed by atoms with Crippen molar-refractivity contribution in [3.8, 4) is 22.1 Å². The number of hydrogen-bond acceptors (Lipinski definition) is 6. The molecule has 0 bridgehead atoms. The summed E-state index contributed by atoms with van der Waals surface area (Å²) in [5.41, 5.74) is 2.84. The zero-order chi connectivity index (χ0) is 17.4. The fraction of sp³-hybridized carbons (Fsp3) is 0.222. The predicted molar refractivity (Wildman–Crippen MR) is 98.5 cm³/mol. The molecule has 1 aliphatic heterocycles. The van der Waals surface area contributed by atoms with Gasteiger partial charge in [0.05, 0.1) is 5.69 Å². The molecule has 128 valence electrons. The Morgan fingerprint density at radius 2 is 2.12 bits per heavy atom. The van der Waals surface area contributed by atoms with Crippen LogP contribution in [0.25, 0.3) is 10.6 Å². The van der Waals surface area contributed by atoms with E-state index in [-0.39, 0.29) is 12.7 Å². The number of carbonyl (C=O) groups excluding carboxylic acids is 1. The molecular formula is C18H16N2O3S2. The maximum Gasteiger partial charge on any atom is 0.265 e. The molecule has 2 aromatic heterocycles. The molecule has 0 atom stereocenters. The van der Waals surface area contributed by atoms with Gasteiger partial charge in [-0.1, -0.05) is 6.07 Å². The second kappa shape index (κ2) is 6.50. The van der Waals surface area contributed by atoms with E-state index in [0.29, 0.717) is 11.4 Å². The molecule has 5 nitrogen and oxygen atoms in total. The summed E-state index contributed by atoms with van der Waals surface area (Å²) in [7, 11) is 1.80. The molecule has 3 aromatic rings. The van der Waals surface area contributed by atoms with Crippen molar-refractivity contribution in [2.45, 2.75) is 13.5 Å². The highest BCUT2D eigenvalue weighted by Gasteiger charge is 2.21. The topological polar surface area (TPSA) is 51.7 Å². The van der Waals surface area contributed by atoms with Crippen molar-refractivity contribution in [1.29, 1.82) is 0 Å². The van der Waals surface area contributed by atoms with Crippen LogP contribution in [0.2, 0.25) is 0 Å². The van der Waals surface area contributed by atoms with Crippen LogP contribution in [-0.4, -0.2) is 29.6 Å². The van der Waals surface area contributed by atoms with E-state index in [2.05, 4.69) is 4.98 Å². The van der Waals surface area contributed by atoms with Crippen molar-refractivity contribution in [3.63, 3.8) is 0 Å². The van der Waals surface area contributed by atoms with Gasteiger partial charge in [-0.25, -0.2) is 4.98 Å². The third kappa shape index (κ3) is 3.12. The SMILES string of the molecule is Cc1nc(-c2ccsc2)sc1C(=O)N(C)Cc1ccc2c(c1)OCO2. The summed E-state index contributed by atoms with van der Waals surface area (Å²) in [6, 6.07) is 7.77. The molecule has 0 N–H and O–H groups in total. The molecule has 0 saturated heterocycles. The molecule has 25 heavy (non-hydrogen) atoms. The third-order valence-electron chi connectivity index (χ3n) is 3.96. The van der Waals surface area contributed by atoms with Crippen molar-refractivity contribution >= 4 is 28.6 Å². The summed E-state index contributed by atoms with van der Waals surface area (Å²) < 4.78 is 10.7. The van der Waals surface area contributed by atoms with Crippen molar-refractivity contribution in [2.75, 3.05) is 13.8 Å². The number of aromatic nitrogens is 1. The maximum absolute atomic E-state index is 12.8. The van der Waals surface area contributed by atoms with E-state index in [1.165, 1.54) is 11.3 Å². The highest BCUT2D eigenvalue weighted by molar-refractivity contribution is 7.17. The molecule has 3 heterocycles. The monoisotopic (exact) mass is 372 g/mol. The number of aryl methyl sites for hydroxylation is 1. The molecule has 0 aliphatic carbocycles. The molecule has 1 amide bonds. The zero-order valence-corrected chi connectivity index (χ0v) is 15.4. The quantitative estimate of drug-likeness (QED) is 0.689. The summed E-state index contributed by atoms with van der Waals surface area (Å²) in [6.07, 6.45) is 0. The van der Waals surface area contributed by atoms with Crippen LogP contribution in [0.5, 0.6) is 11.5 Å². The summed E-state index contributed by atoms with van der Waals surface area (Å²) in [6.45, 7) is 2.63. The van der Waals surface area contributed by atoms with Gasteiger partial charge in [0.1, 0.15) is 9.88 Å². The van der Waals surface area contributed by atoms with Gasteiger partial charge in [0, 0.05) is 24.5 Å². The first-order valence-corrected chi connectivity index (χ1v) is 9.52. The minimum Gasteiger partial charge on any atom is -0.454 e. The Morgan fingerprint density at radius 3 is 2.92 bits per heavy atom. The number of nitrogens with zero attached hydrogens (tertiary/aromatic N) is 2. The van der Waals surface area contributed by atoms with Crippen LogP contribution in [0.3, 0.4) is 0 Å². The molecule has 1 aliphatic rings. The van der Waals surface area contributed by atoms with Gasteiger partial charge in [0.25, 0.3) is 5.91 Å². The van der Waals surface area contributed by atoms with Crippen LogP contribution < -0.4 is 9.47 Å². The van der Waals surface area contributed by atoms with Crippen molar-refractivity contribution < 1.29 is 14.3 Å². The Morgan fingerprint density at radius 1 is 1.28 bits per heavy atom. The smallest absolute Gasteiger partial charge is 0.265 e. The van der Waals surface area contributed by atoms with Gasteiger partial charge in [-0.2, -0.15) is 11.3 Å². The van der Waals surface area contributed by atoms with E-state index < -0.39 is 0 Å². The lowest BCUT2D eigenvalue weighted by atomic mass is 10.2. The first-order valence-electron chi connectivity index (χ1n) is 7.76. The summed E-state index contributed by atoms with van der Waals surface area (Å²) >= 11 is 3.07. The Labute approximate surface area is 153 Å². The van der Waals surface area contributed by atoms with E-state index in [9.17, 15) is 4.79 Å². The van der Waals surface area contributed by atoms with Gasteiger partial charge in [0.15, 0.2) is 11.5 Å². The second-order valence-corrected chi connectivity index (χ2v) is 7.57. The largest absolute Gasteiger partial charge is 0.454 e. The third-order valence-corrected chi connectivity index (χ3v) is 5.84.